The first kappa shape index (κ1) is 38.1. The molecule has 5 aromatic carbocycles. The lowest BCUT2D eigenvalue weighted by molar-refractivity contribution is -0.401. The van der Waals surface area contributed by atoms with Crippen molar-refractivity contribution in [2.45, 2.75) is 83.0 Å². The van der Waals surface area contributed by atoms with Crippen molar-refractivity contribution in [3.63, 3.8) is 0 Å². The van der Waals surface area contributed by atoms with Crippen LogP contribution in [0.15, 0.2) is 108 Å². The number of carbonyl (C=O) groups excluding carboxylic acids is 1. The van der Waals surface area contributed by atoms with Crippen molar-refractivity contribution in [2.75, 3.05) is 30.8 Å². The zero-order chi connectivity index (χ0) is 39.2. The molecule has 1 aromatic heterocycles. The molecule has 6 nitrogen and oxygen atoms in total. The second kappa shape index (κ2) is 15.3. The van der Waals surface area contributed by atoms with Gasteiger partial charge in [-0.2, -0.15) is 13.3 Å². The normalized spacial score (nSPS) is 16.6. The van der Waals surface area contributed by atoms with Crippen LogP contribution >= 0.6 is 23.5 Å². The number of thioether (sulfide) groups is 1. The van der Waals surface area contributed by atoms with Crippen LogP contribution in [0.25, 0.3) is 32.6 Å². The van der Waals surface area contributed by atoms with E-state index in [1.165, 1.54) is 83.2 Å². The first-order valence-corrected chi connectivity index (χ1v) is 21.7. The summed E-state index contributed by atoms with van der Waals surface area (Å²) in [6, 6.07) is 28.8. The summed E-state index contributed by atoms with van der Waals surface area (Å²) in [6.07, 6.45) is 10.1. The van der Waals surface area contributed by atoms with Crippen molar-refractivity contribution in [2.24, 2.45) is 0 Å². The maximum atomic E-state index is 13.0. The molecule has 3 heterocycles. The molecule has 0 saturated heterocycles. The van der Waals surface area contributed by atoms with Gasteiger partial charge in [0.1, 0.15) is 18.1 Å². The molecule has 1 amide bonds. The molecule has 0 unspecified atom stereocenters. The molecule has 0 bridgehead atoms. The van der Waals surface area contributed by atoms with E-state index in [9.17, 15) is 4.79 Å². The summed E-state index contributed by atoms with van der Waals surface area (Å²) >= 11 is 3.07. The van der Waals surface area contributed by atoms with E-state index in [2.05, 4.69) is 169 Å². The molecule has 0 atom stereocenters. The van der Waals surface area contributed by atoms with E-state index in [1.807, 2.05) is 0 Å². The second-order valence-corrected chi connectivity index (χ2v) is 17.9. The second-order valence-electron chi connectivity index (χ2n) is 16.2. The number of benzene rings is 5. The summed E-state index contributed by atoms with van der Waals surface area (Å²) in [5.41, 5.74) is 12.0. The lowest BCUT2D eigenvalue weighted by Gasteiger charge is -2.27. The molecule has 1 N–H and O–H groups in total. The van der Waals surface area contributed by atoms with Crippen molar-refractivity contribution in [3.05, 3.63) is 125 Å². The third-order valence-electron chi connectivity index (χ3n) is 12.1. The maximum absolute atomic E-state index is 13.0. The van der Waals surface area contributed by atoms with Gasteiger partial charge in [0.2, 0.25) is 11.6 Å². The van der Waals surface area contributed by atoms with E-state index in [0.29, 0.717) is 13.0 Å². The van der Waals surface area contributed by atoms with E-state index >= 15 is 0 Å². The van der Waals surface area contributed by atoms with Crippen LogP contribution in [-0.2, 0) is 22.0 Å². The number of carbonyl (C=O) groups is 1. The number of aromatic nitrogens is 2. The predicted octanol–water partition coefficient (Wildman–Crippen LogP) is 11.2. The topological polar surface area (TPSA) is 61.1 Å². The Balaban J connectivity index is 0.961. The van der Waals surface area contributed by atoms with Crippen LogP contribution in [0.2, 0.25) is 0 Å². The van der Waals surface area contributed by atoms with Crippen LogP contribution in [0.4, 0.5) is 11.4 Å². The van der Waals surface area contributed by atoms with Crippen LogP contribution in [0.1, 0.15) is 76.1 Å². The maximum Gasteiger partial charge on any atom is 0.220 e. The standard InChI is InChI=1S/C48H51N5OS2/c1-8-32-30-39(31(2)45-46(32)51-56-50-45)55-29-27-49-42(54)22-13-14-28-53-38-26-24-34-17-10-12-19-36(34)44(38)48(5,6)41(53)21-15-20-40-47(3,4)43-35-18-11-9-16-33(35)23-25-37(43)52(40)7/h9-12,15-21,23-26,30H,8,13-14,22,27-29H2,1-7H3/p+1. The molecule has 0 fully saturated rings. The molecule has 2 aliphatic rings. The van der Waals surface area contributed by atoms with Crippen LogP contribution in [0.5, 0.6) is 0 Å². The summed E-state index contributed by atoms with van der Waals surface area (Å²) in [5.74, 6) is 0.944. The summed E-state index contributed by atoms with van der Waals surface area (Å²) in [7, 11) is 2.20. The summed E-state index contributed by atoms with van der Waals surface area (Å²) < 4.78 is 11.4. The quantitative estimate of drug-likeness (QED) is 0.0762. The van der Waals surface area contributed by atoms with E-state index in [-0.39, 0.29) is 16.7 Å². The van der Waals surface area contributed by atoms with Gasteiger partial charge in [0.15, 0.2) is 5.71 Å². The van der Waals surface area contributed by atoms with Crippen LogP contribution < -0.4 is 10.2 Å². The van der Waals surface area contributed by atoms with Gasteiger partial charge in [0.05, 0.1) is 17.1 Å². The Morgan fingerprint density at radius 3 is 2.34 bits per heavy atom. The van der Waals surface area contributed by atoms with Crippen LogP contribution in [-0.4, -0.2) is 50.8 Å². The number of nitrogens with zero attached hydrogens (tertiary/aromatic N) is 4. The third kappa shape index (κ3) is 6.64. The molecule has 8 rings (SSSR count). The summed E-state index contributed by atoms with van der Waals surface area (Å²) in [4.78, 5) is 16.7. The Kier molecular flexibility index (Phi) is 10.4. The van der Waals surface area contributed by atoms with Gasteiger partial charge >= 0.3 is 0 Å². The van der Waals surface area contributed by atoms with Crippen molar-refractivity contribution >= 4 is 79.1 Å². The van der Waals surface area contributed by atoms with Crippen LogP contribution in [0.3, 0.4) is 0 Å². The Labute approximate surface area is 339 Å². The molecule has 0 radical (unpaired) electrons. The van der Waals surface area contributed by atoms with Gasteiger partial charge in [-0.05, 0) is 103 Å². The smallest absolute Gasteiger partial charge is 0.220 e. The van der Waals surface area contributed by atoms with Gasteiger partial charge in [-0.3, -0.25) is 4.79 Å². The van der Waals surface area contributed by atoms with Crippen molar-refractivity contribution in [1.29, 1.82) is 0 Å². The minimum atomic E-state index is -0.201. The molecule has 286 valence electrons. The number of anilines is 1. The Bertz CT molecular complexity index is 2590. The van der Waals surface area contributed by atoms with E-state index in [4.69, 9.17) is 0 Å². The van der Waals surface area contributed by atoms with Crippen molar-refractivity contribution in [1.82, 2.24) is 14.1 Å². The average Bonchev–Trinajstić information content (AvgIpc) is 3.83. The first-order valence-electron chi connectivity index (χ1n) is 20.0. The molecule has 0 spiro atoms. The number of nitrogens with one attached hydrogen (secondary N) is 1. The van der Waals surface area contributed by atoms with Gasteiger partial charge < -0.3 is 10.2 Å². The highest BCUT2D eigenvalue weighted by Crippen LogP contribution is 2.51. The van der Waals surface area contributed by atoms with Gasteiger partial charge in [-0.15, -0.1) is 11.8 Å². The Hall–Kier alpha value is -4.79. The largest absolute Gasteiger partial charge is 0.355 e. The number of aryl methyl sites for hydroxylation is 2. The van der Waals surface area contributed by atoms with E-state index in [1.54, 1.807) is 11.8 Å². The molecule has 0 aliphatic carbocycles. The zero-order valence-corrected chi connectivity index (χ0v) is 35.3. The Morgan fingerprint density at radius 2 is 1.59 bits per heavy atom. The van der Waals surface area contributed by atoms with Crippen molar-refractivity contribution in [3.8, 4) is 0 Å². The highest BCUT2D eigenvalue weighted by atomic mass is 32.2. The fourth-order valence-electron chi connectivity index (χ4n) is 9.21. The third-order valence-corrected chi connectivity index (χ3v) is 13.8. The number of rotatable bonds is 12. The molecule has 56 heavy (non-hydrogen) atoms. The van der Waals surface area contributed by atoms with Crippen molar-refractivity contribution < 1.29 is 9.37 Å². The first-order chi connectivity index (χ1) is 27.0. The lowest BCUT2D eigenvalue weighted by Crippen LogP contribution is -2.28. The zero-order valence-electron chi connectivity index (χ0n) is 33.7. The highest BCUT2D eigenvalue weighted by Gasteiger charge is 2.44. The minimum absolute atomic E-state index is 0.122. The van der Waals surface area contributed by atoms with Gasteiger partial charge in [-0.1, -0.05) is 81.4 Å². The fraction of sp³-hybridized carbons (Fsp3) is 0.333. The van der Waals surface area contributed by atoms with Gasteiger partial charge in [0.25, 0.3) is 0 Å². The molecule has 2 aliphatic heterocycles. The van der Waals surface area contributed by atoms with E-state index in [0.717, 1.165) is 42.6 Å². The number of allylic oxidation sites excluding steroid dienone is 4. The van der Waals surface area contributed by atoms with Crippen LogP contribution in [0, 0.1) is 6.92 Å². The summed E-state index contributed by atoms with van der Waals surface area (Å²) in [6.45, 7) is 15.2. The minimum Gasteiger partial charge on any atom is -0.355 e. The van der Waals surface area contributed by atoms with E-state index < -0.39 is 0 Å². The number of amides is 1. The SMILES string of the molecule is CCc1cc(SCCNC(=O)CCCCN2/C(=C/C=C/C3=[N+](C)c4ccc5ccccc5c4C3(C)C)C(C)(C)c3c2ccc2ccccc32)c(C)c2nsnc12. The monoisotopic (exact) mass is 778 g/mol. The lowest BCUT2D eigenvalue weighted by atomic mass is 9.79. The number of hydrogen-bond acceptors (Lipinski definition) is 6. The summed E-state index contributed by atoms with van der Waals surface area (Å²) in [5, 5.41) is 8.35. The molecular weight excluding hydrogens is 727 g/mol. The van der Waals surface area contributed by atoms with Gasteiger partial charge in [0, 0.05) is 64.7 Å². The van der Waals surface area contributed by atoms with Gasteiger partial charge in [-0.25, -0.2) is 0 Å². The average molecular weight is 779 g/mol. The Morgan fingerprint density at radius 1 is 0.893 bits per heavy atom. The number of unbranched alkanes of at least 4 members (excludes halogenated alkanes) is 1. The highest BCUT2D eigenvalue weighted by molar-refractivity contribution is 7.99. The molecular formula is C48H52N5OS2+. The predicted molar refractivity (Wildman–Crippen MR) is 238 cm³/mol. The number of fused-ring (bicyclic) bond motifs is 7. The molecule has 6 aromatic rings. The fourth-order valence-corrected chi connectivity index (χ4v) is 10.8. The molecule has 8 heteroatoms. The molecule has 0 saturated carbocycles. The number of hydrogen-bond donors (Lipinski definition) is 1.